The molecule has 0 bridgehead atoms. The molecule has 10 heterocycles. The molecule has 8 N–H and O–H groups in total. The summed E-state index contributed by atoms with van der Waals surface area (Å²) in [5.74, 6) is 0.878. The minimum absolute atomic E-state index is 0.0484. The molecule has 0 unspecified atom stereocenters. The smallest absolute Gasteiger partial charge is 0.309 e. The molecule has 1 amide bonds. The number of carboxylic acids is 1. The fourth-order valence-electron chi connectivity index (χ4n) is 8.38. The predicted molar refractivity (Wildman–Crippen MR) is 276 cm³/mol. The number of nitrogens with zero attached hydrogens (tertiary/aromatic N) is 10. The van der Waals surface area contributed by atoms with Crippen LogP contribution >= 0.6 is 0 Å². The van der Waals surface area contributed by atoms with Crippen LogP contribution < -0.4 is 20.9 Å². The van der Waals surface area contributed by atoms with E-state index in [9.17, 15) is 9.59 Å². The third-order valence-corrected chi connectivity index (χ3v) is 12.0. The second-order valence-electron chi connectivity index (χ2n) is 17.0. The number of carboxylic acid groups (broad SMARTS) is 1. The van der Waals surface area contributed by atoms with Gasteiger partial charge in [-0.3, -0.25) is 29.8 Å². The van der Waals surface area contributed by atoms with E-state index in [0.717, 1.165) is 129 Å². The summed E-state index contributed by atoms with van der Waals surface area (Å²) in [6, 6.07) is 30.7. The molecule has 0 radical (unpaired) electrons. The molecule has 0 atom stereocenters. The standard InChI is InChI=1S/C26H24N8O2.C16H17N5O.C10H9N3O2/c35-24(13-20-12-23(33-32-20)18-2-1-7-27-15-18)30-19-5-3-17(4-6-19)22-14-21-25(31-22)28-16-29-26(21)34-8-10-36-11-9-34;17-12-3-1-11(2-4-12)14-9-13-15(20-14)18-10-19-16(13)21-5-7-22-8-6-21;14-10(15)5-8-4-9(13-12-8)7-2-1-3-11-6-7/h1-7,12,14-16H,8-11,13H2,(H,30,35)(H,32,33)(H,28,29,31);1-4,9-10H,5-8,17H2,(H,18,19,20);1-4,6H,5H2,(H,12,13)(H,14,15). The Morgan fingerprint density at radius 3 is 1.55 bits per heavy atom. The van der Waals surface area contributed by atoms with E-state index in [1.165, 1.54) is 0 Å². The SMILES string of the molecule is Nc1ccc(-c2cc3c(N4CCOCC4)ncnc3[nH]2)cc1.O=C(Cc1cc(-c2cccnc2)n[nH]1)Nc1ccc(-c2cc3c(N4CCOCC4)ncnc3[nH]2)cc1.O=C(O)Cc1cc(-c2cccnc2)n[nH]1. The van der Waals surface area contributed by atoms with Crippen molar-refractivity contribution in [3.8, 4) is 45.0 Å². The Hall–Kier alpha value is -9.34. The van der Waals surface area contributed by atoms with Crippen molar-refractivity contribution in [2.45, 2.75) is 12.8 Å². The van der Waals surface area contributed by atoms with Crippen LogP contribution in [0.1, 0.15) is 11.4 Å². The van der Waals surface area contributed by atoms with E-state index >= 15 is 0 Å². The molecule has 2 saturated heterocycles. The Bertz CT molecular complexity index is 3420. The number of nitrogen functional groups attached to an aromatic ring is 1. The van der Waals surface area contributed by atoms with Gasteiger partial charge in [0.1, 0.15) is 35.6 Å². The zero-order valence-electron chi connectivity index (χ0n) is 39.4. The fourth-order valence-corrected chi connectivity index (χ4v) is 8.38. The molecular formula is C52H50N16O5. The summed E-state index contributed by atoms with van der Waals surface area (Å²) in [6.07, 6.45) is 10.2. The van der Waals surface area contributed by atoms with E-state index in [4.69, 9.17) is 20.3 Å². The summed E-state index contributed by atoms with van der Waals surface area (Å²) in [5.41, 5.74) is 17.5. The Balaban J connectivity index is 0.000000140. The highest BCUT2D eigenvalue weighted by atomic mass is 16.5. The molecule has 73 heavy (non-hydrogen) atoms. The number of H-pyrrole nitrogens is 4. The van der Waals surface area contributed by atoms with Crippen molar-refractivity contribution in [1.29, 1.82) is 0 Å². The Labute approximate surface area is 417 Å². The number of anilines is 4. The van der Waals surface area contributed by atoms with Crippen molar-refractivity contribution in [3.05, 3.63) is 146 Å². The highest BCUT2D eigenvalue weighted by Crippen LogP contribution is 2.31. The number of pyridine rings is 2. The monoisotopic (exact) mass is 978 g/mol. The van der Waals surface area contributed by atoms with Gasteiger partial charge in [0.25, 0.3) is 0 Å². The molecule has 8 aromatic heterocycles. The van der Waals surface area contributed by atoms with Crippen LogP contribution in [-0.4, -0.2) is 130 Å². The van der Waals surface area contributed by atoms with Crippen LogP contribution in [0.2, 0.25) is 0 Å². The molecule has 21 heteroatoms. The Kier molecular flexibility index (Phi) is 14.4. The molecule has 2 fully saturated rings. The minimum Gasteiger partial charge on any atom is -0.481 e. The van der Waals surface area contributed by atoms with E-state index in [0.29, 0.717) is 24.6 Å². The predicted octanol–water partition coefficient (Wildman–Crippen LogP) is 6.57. The number of hydrogen-bond acceptors (Lipinski definition) is 15. The summed E-state index contributed by atoms with van der Waals surface area (Å²) in [6.45, 7) is 6.20. The number of benzene rings is 2. The summed E-state index contributed by atoms with van der Waals surface area (Å²) in [7, 11) is 0. The highest BCUT2D eigenvalue weighted by Gasteiger charge is 2.20. The minimum atomic E-state index is -0.878. The molecule has 21 nitrogen and oxygen atoms in total. The number of fused-ring (bicyclic) bond motifs is 2. The van der Waals surface area contributed by atoms with E-state index in [1.807, 2.05) is 72.8 Å². The van der Waals surface area contributed by atoms with Crippen molar-refractivity contribution in [1.82, 2.24) is 60.3 Å². The molecule has 0 spiro atoms. The van der Waals surface area contributed by atoms with Gasteiger partial charge in [0.2, 0.25) is 5.91 Å². The van der Waals surface area contributed by atoms with Gasteiger partial charge in [-0.1, -0.05) is 24.3 Å². The topological polar surface area (TPSA) is 284 Å². The Morgan fingerprint density at radius 2 is 1.08 bits per heavy atom. The molecule has 368 valence electrons. The number of nitrogens with two attached hydrogens (primary N) is 1. The number of amides is 1. The summed E-state index contributed by atoms with van der Waals surface area (Å²) < 4.78 is 10.9. The first-order valence-electron chi connectivity index (χ1n) is 23.5. The van der Waals surface area contributed by atoms with Gasteiger partial charge in [0, 0.05) is 96.2 Å². The number of carbonyl (C=O) groups is 2. The molecule has 10 aromatic rings. The third-order valence-electron chi connectivity index (χ3n) is 12.0. The number of morpholine rings is 2. The van der Waals surface area contributed by atoms with Crippen molar-refractivity contribution < 1.29 is 24.2 Å². The van der Waals surface area contributed by atoms with Crippen LogP contribution in [0.15, 0.2) is 135 Å². The van der Waals surface area contributed by atoms with Crippen molar-refractivity contribution >= 4 is 57.0 Å². The summed E-state index contributed by atoms with van der Waals surface area (Å²) >= 11 is 0. The van der Waals surface area contributed by atoms with E-state index in [1.54, 1.807) is 49.6 Å². The Morgan fingerprint density at radius 1 is 0.603 bits per heavy atom. The van der Waals surface area contributed by atoms with Gasteiger partial charge >= 0.3 is 5.97 Å². The molecular weight excluding hydrogens is 929 g/mol. The van der Waals surface area contributed by atoms with Crippen LogP contribution in [0.3, 0.4) is 0 Å². The highest BCUT2D eigenvalue weighted by molar-refractivity contribution is 5.94. The van der Waals surface area contributed by atoms with Gasteiger partial charge in [0.15, 0.2) is 0 Å². The van der Waals surface area contributed by atoms with Crippen LogP contribution in [0, 0.1) is 0 Å². The summed E-state index contributed by atoms with van der Waals surface area (Å²) in [5, 5.41) is 27.4. The number of nitrogens with one attached hydrogen (secondary N) is 5. The number of ether oxygens (including phenoxy) is 2. The normalized spacial score (nSPS) is 13.5. The van der Waals surface area contributed by atoms with Gasteiger partial charge in [-0.05, 0) is 83.9 Å². The van der Waals surface area contributed by atoms with Crippen molar-refractivity contribution in [2.24, 2.45) is 0 Å². The maximum atomic E-state index is 12.6. The van der Waals surface area contributed by atoms with Gasteiger partial charge in [-0.2, -0.15) is 10.2 Å². The summed E-state index contributed by atoms with van der Waals surface area (Å²) in [4.78, 5) is 60.1. The van der Waals surface area contributed by atoms with E-state index in [-0.39, 0.29) is 18.7 Å². The van der Waals surface area contributed by atoms with E-state index < -0.39 is 5.97 Å². The quantitative estimate of drug-likeness (QED) is 0.0675. The molecule has 0 saturated carbocycles. The average Bonchev–Trinajstić information content (AvgIpc) is 4.28. The number of hydrogen-bond donors (Lipinski definition) is 7. The van der Waals surface area contributed by atoms with Gasteiger partial charge in [0.05, 0.1) is 61.4 Å². The lowest BCUT2D eigenvalue weighted by molar-refractivity contribution is -0.136. The van der Waals surface area contributed by atoms with Crippen LogP contribution in [0.5, 0.6) is 0 Å². The number of aromatic nitrogens is 12. The molecule has 0 aliphatic carbocycles. The lowest BCUT2D eigenvalue weighted by atomic mass is 10.1. The number of carbonyl (C=O) groups excluding carboxylic acids is 1. The number of aliphatic carboxylic acids is 1. The second-order valence-corrected chi connectivity index (χ2v) is 17.0. The first-order valence-corrected chi connectivity index (χ1v) is 23.5. The first-order chi connectivity index (χ1) is 35.8. The first kappa shape index (κ1) is 47.3. The lowest BCUT2D eigenvalue weighted by Gasteiger charge is -2.27. The van der Waals surface area contributed by atoms with Crippen LogP contribution in [0.4, 0.5) is 23.0 Å². The van der Waals surface area contributed by atoms with Crippen molar-refractivity contribution in [3.63, 3.8) is 0 Å². The lowest BCUT2D eigenvalue weighted by Crippen LogP contribution is -2.36. The molecule has 2 aromatic carbocycles. The molecule has 2 aliphatic heterocycles. The van der Waals surface area contributed by atoms with Crippen LogP contribution in [0.25, 0.3) is 67.1 Å². The van der Waals surface area contributed by atoms with Gasteiger partial charge in [-0.25, -0.2) is 19.9 Å². The number of aromatic amines is 4. The van der Waals surface area contributed by atoms with Gasteiger partial charge in [-0.15, -0.1) is 0 Å². The molecule has 12 rings (SSSR count). The van der Waals surface area contributed by atoms with Gasteiger partial charge < -0.3 is 45.4 Å². The maximum Gasteiger partial charge on any atom is 0.309 e. The number of rotatable bonds is 11. The van der Waals surface area contributed by atoms with Crippen LogP contribution in [-0.2, 0) is 31.9 Å². The zero-order chi connectivity index (χ0) is 49.9. The van der Waals surface area contributed by atoms with E-state index in [2.05, 4.69) is 87.5 Å². The average molecular weight is 979 g/mol. The molecule has 2 aliphatic rings. The maximum absolute atomic E-state index is 12.6. The third kappa shape index (κ3) is 11.7. The zero-order valence-corrected chi connectivity index (χ0v) is 39.4. The second kappa shape index (κ2) is 22.2. The largest absolute Gasteiger partial charge is 0.481 e. The van der Waals surface area contributed by atoms with Crippen molar-refractivity contribution in [2.75, 3.05) is 73.5 Å². The fraction of sp³-hybridized carbons (Fsp3) is 0.192.